The van der Waals surface area contributed by atoms with E-state index in [-0.39, 0.29) is 25.0 Å². The van der Waals surface area contributed by atoms with Gasteiger partial charge in [0.2, 0.25) is 5.91 Å². The molecule has 9 heteroatoms. The maximum atomic E-state index is 12.7. The van der Waals surface area contributed by atoms with Crippen LogP contribution in [0.4, 0.5) is 4.79 Å². The molecule has 0 spiro atoms. The fraction of sp³-hybridized carbons (Fsp3) is 0.423. The molecule has 3 N–H and O–H groups in total. The van der Waals surface area contributed by atoms with Crippen LogP contribution in [0.1, 0.15) is 29.9 Å². The molecule has 0 bridgehead atoms. The molecule has 1 saturated heterocycles. The Kier molecular flexibility index (Phi) is 8.30. The van der Waals surface area contributed by atoms with Gasteiger partial charge < -0.3 is 25.2 Å². The third-order valence-electron chi connectivity index (χ3n) is 6.55. The topological polar surface area (TPSA) is 114 Å². The molecule has 4 rings (SSSR count). The van der Waals surface area contributed by atoms with Crippen molar-refractivity contribution < 1.29 is 29.0 Å². The molecule has 0 saturated carbocycles. The van der Waals surface area contributed by atoms with E-state index < -0.39 is 30.1 Å². The van der Waals surface area contributed by atoms with Crippen LogP contribution in [0.15, 0.2) is 48.5 Å². The number of carbonyl (C=O) groups is 3. The van der Waals surface area contributed by atoms with Gasteiger partial charge in [0, 0.05) is 25.0 Å². The summed E-state index contributed by atoms with van der Waals surface area (Å²) in [7, 11) is 0. The molecule has 2 unspecified atom stereocenters. The summed E-state index contributed by atoms with van der Waals surface area (Å²) >= 11 is 1.52. The average molecular weight is 499 g/mol. The summed E-state index contributed by atoms with van der Waals surface area (Å²) < 4.78 is 11.1. The van der Waals surface area contributed by atoms with Crippen molar-refractivity contribution in [1.82, 2.24) is 10.6 Å². The van der Waals surface area contributed by atoms with E-state index in [0.717, 1.165) is 22.3 Å². The van der Waals surface area contributed by atoms with Gasteiger partial charge in [-0.1, -0.05) is 48.5 Å². The van der Waals surface area contributed by atoms with Crippen molar-refractivity contribution in [3.63, 3.8) is 0 Å². The van der Waals surface area contributed by atoms with Gasteiger partial charge in [-0.05, 0) is 47.1 Å². The molecule has 1 aliphatic carbocycles. The van der Waals surface area contributed by atoms with Gasteiger partial charge in [0.15, 0.2) is 0 Å². The van der Waals surface area contributed by atoms with Gasteiger partial charge in [0.25, 0.3) is 0 Å². The zero-order chi connectivity index (χ0) is 24.8. The lowest BCUT2D eigenvalue weighted by molar-refractivity contribution is -0.144. The number of amides is 2. The van der Waals surface area contributed by atoms with Crippen LogP contribution in [-0.2, 0) is 19.1 Å². The number of alkyl carbamates (subject to hydrolysis) is 1. The summed E-state index contributed by atoms with van der Waals surface area (Å²) in [4.78, 5) is 36.6. The van der Waals surface area contributed by atoms with Gasteiger partial charge in [-0.2, -0.15) is 11.8 Å². The zero-order valence-corrected chi connectivity index (χ0v) is 20.4. The minimum Gasteiger partial charge on any atom is -0.480 e. The molecule has 1 heterocycles. The Bertz CT molecular complexity index is 1030. The highest BCUT2D eigenvalue weighted by molar-refractivity contribution is 7.98. The van der Waals surface area contributed by atoms with E-state index >= 15 is 0 Å². The predicted octanol–water partition coefficient (Wildman–Crippen LogP) is 3.25. The Balaban J connectivity index is 1.29. The lowest BCUT2D eigenvalue weighted by Gasteiger charge is -2.21. The third kappa shape index (κ3) is 5.79. The predicted molar refractivity (Wildman–Crippen MR) is 133 cm³/mol. The summed E-state index contributed by atoms with van der Waals surface area (Å²) in [5.41, 5.74) is 4.59. The van der Waals surface area contributed by atoms with E-state index in [1.807, 2.05) is 30.5 Å². The number of hydrogen-bond donors (Lipinski definition) is 3. The summed E-state index contributed by atoms with van der Waals surface area (Å²) in [5.74, 6) is -1.20. The van der Waals surface area contributed by atoms with Crippen molar-refractivity contribution in [1.29, 1.82) is 0 Å². The maximum absolute atomic E-state index is 12.7. The van der Waals surface area contributed by atoms with Gasteiger partial charge in [0.05, 0.1) is 0 Å². The second kappa shape index (κ2) is 11.6. The first-order valence-corrected chi connectivity index (χ1v) is 13.1. The largest absolute Gasteiger partial charge is 0.480 e. The van der Waals surface area contributed by atoms with E-state index in [2.05, 4.69) is 34.9 Å². The van der Waals surface area contributed by atoms with Crippen LogP contribution in [0.25, 0.3) is 11.1 Å². The molecule has 8 nitrogen and oxygen atoms in total. The van der Waals surface area contributed by atoms with E-state index in [4.69, 9.17) is 9.47 Å². The van der Waals surface area contributed by atoms with Gasteiger partial charge in [-0.3, -0.25) is 4.79 Å². The standard InChI is InChI=1S/C26H30N2O6S/c1-35-13-11-22(25(30)31)28-24(29)23-16(10-12-33-23)14-27-26(32)34-15-21-19-8-4-2-6-17(19)18-7-3-5-9-20(18)21/h2-9,16,21-23H,10-15H2,1H3,(H,27,32)(H,28,29)(H,30,31)/t16?,22-,23?/m0/s1. The zero-order valence-electron chi connectivity index (χ0n) is 19.6. The number of hydrogen-bond acceptors (Lipinski definition) is 6. The second-order valence-electron chi connectivity index (χ2n) is 8.73. The van der Waals surface area contributed by atoms with Crippen molar-refractivity contribution in [2.24, 2.45) is 5.92 Å². The van der Waals surface area contributed by atoms with E-state index in [1.54, 1.807) is 0 Å². The molecule has 1 aliphatic heterocycles. The Morgan fingerprint density at radius 1 is 1.11 bits per heavy atom. The van der Waals surface area contributed by atoms with Crippen LogP contribution in [0.3, 0.4) is 0 Å². The molecule has 35 heavy (non-hydrogen) atoms. The highest BCUT2D eigenvalue weighted by Crippen LogP contribution is 2.44. The molecule has 3 atom stereocenters. The van der Waals surface area contributed by atoms with E-state index in [0.29, 0.717) is 25.2 Å². The van der Waals surface area contributed by atoms with Crippen LogP contribution >= 0.6 is 11.8 Å². The number of nitrogens with one attached hydrogen (secondary N) is 2. The van der Waals surface area contributed by atoms with Crippen molar-refractivity contribution in [2.75, 3.05) is 31.8 Å². The average Bonchev–Trinajstić information content (AvgIpc) is 3.46. The molecule has 0 aromatic heterocycles. The van der Waals surface area contributed by atoms with Crippen molar-refractivity contribution in [2.45, 2.75) is 30.9 Å². The van der Waals surface area contributed by atoms with Crippen LogP contribution in [-0.4, -0.2) is 67.0 Å². The molecule has 2 amide bonds. The number of benzene rings is 2. The third-order valence-corrected chi connectivity index (χ3v) is 7.19. The molecular weight excluding hydrogens is 468 g/mol. The van der Waals surface area contributed by atoms with Gasteiger partial charge in [-0.25, -0.2) is 9.59 Å². The number of aliphatic carboxylic acids is 1. The number of ether oxygens (including phenoxy) is 2. The SMILES string of the molecule is CSCC[C@H](NC(=O)C1OCCC1CNC(=O)OCC1c2ccccc2-c2ccccc21)C(=O)O. The number of rotatable bonds is 10. The van der Waals surface area contributed by atoms with Crippen LogP contribution < -0.4 is 10.6 Å². The fourth-order valence-corrected chi connectivity index (χ4v) is 5.21. The van der Waals surface area contributed by atoms with Crippen molar-refractivity contribution in [3.05, 3.63) is 59.7 Å². The minimum absolute atomic E-state index is 0.0317. The first-order chi connectivity index (χ1) is 17.0. The monoisotopic (exact) mass is 498 g/mol. The highest BCUT2D eigenvalue weighted by Gasteiger charge is 2.36. The van der Waals surface area contributed by atoms with Crippen LogP contribution in [0.2, 0.25) is 0 Å². The van der Waals surface area contributed by atoms with Gasteiger partial charge in [-0.15, -0.1) is 0 Å². The van der Waals surface area contributed by atoms with E-state index in [9.17, 15) is 19.5 Å². The fourth-order valence-electron chi connectivity index (χ4n) is 4.74. The number of thioether (sulfide) groups is 1. The first kappa shape index (κ1) is 25.1. The molecule has 2 aliphatic rings. The smallest absolute Gasteiger partial charge is 0.407 e. The molecule has 0 radical (unpaired) electrons. The Morgan fingerprint density at radius 3 is 2.40 bits per heavy atom. The summed E-state index contributed by atoms with van der Waals surface area (Å²) in [6.45, 7) is 0.787. The Hall–Kier alpha value is -3.04. The summed E-state index contributed by atoms with van der Waals surface area (Å²) in [6, 6.07) is 15.3. The molecule has 2 aromatic rings. The van der Waals surface area contributed by atoms with E-state index in [1.165, 1.54) is 11.8 Å². The number of fused-ring (bicyclic) bond motifs is 3. The summed E-state index contributed by atoms with van der Waals surface area (Å²) in [5, 5.41) is 14.7. The molecular formula is C26H30N2O6S. The van der Waals surface area contributed by atoms with Crippen molar-refractivity contribution in [3.8, 4) is 11.1 Å². The normalized spacial score (nSPS) is 19.5. The minimum atomic E-state index is -1.07. The first-order valence-electron chi connectivity index (χ1n) is 11.7. The highest BCUT2D eigenvalue weighted by atomic mass is 32.2. The number of carbonyl (C=O) groups excluding carboxylic acids is 2. The Labute approximate surface area is 208 Å². The number of carboxylic acids is 1. The lowest BCUT2D eigenvalue weighted by Crippen LogP contribution is -2.48. The quantitative estimate of drug-likeness (QED) is 0.461. The van der Waals surface area contributed by atoms with Gasteiger partial charge in [0.1, 0.15) is 18.8 Å². The molecule has 2 aromatic carbocycles. The second-order valence-corrected chi connectivity index (χ2v) is 9.71. The van der Waals surface area contributed by atoms with Crippen molar-refractivity contribution >= 4 is 29.7 Å². The molecule has 186 valence electrons. The van der Waals surface area contributed by atoms with Gasteiger partial charge >= 0.3 is 12.1 Å². The molecule has 1 fully saturated rings. The lowest BCUT2D eigenvalue weighted by atomic mass is 9.98. The Morgan fingerprint density at radius 2 is 1.77 bits per heavy atom. The number of carboxylic acid groups (broad SMARTS) is 1. The summed E-state index contributed by atoms with van der Waals surface area (Å²) in [6.07, 6.45) is 1.44. The maximum Gasteiger partial charge on any atom is 0.407 e. The van der Waals surface area contributed by atoms with Crippen LogP contribution in [0, 0.1) is 5.92 Å². The van der Waals surface area contributed by atoms with Crippen LogP contribution in [0.5, 0.6) is 0 Å².